The molecule has 1 atom stereocenters. The second kappa shape index (κ2) is 4.97. The fraction of sp³-hybridized carbons (Fsp3) is 0.667. The van der Waals surface area contributed by atoms with Gasteiger partial charge in [-0.2, -0.15) is 5.10 Å². The van der Waals surface area contributed by atoms with E-state index in [9.17, 15) is 5.11 Å². The highest BCUT2D eigenvalue weighted by molar-refractivity contribution is 5.26. The third kappa shape index (κ3) is 2.24. The van der Waals surface area contributed by atoms with Gasteiger partial charge in [0.2, 0.25) is 0 Å². The standard InChI is InChI=1S/C9H16N2O3/c1-11-9(7(12)4-5-13-2)8(14-3)6-10-11/h6-7,12H,4-5H2,1-3H3. The van der Waals surface area contributed by atoms with Crippen molar-refractivity contribution in [1.29, 1.82) is 0 Å². The molecule has 0 bridgehead atoms. The number of nitrogens with zero attached hydrogens (tertiary/aromatic N) is 2. The van der Waals surface area contributed by atoms with E-state index in [-0.39, 0.29) is 0 Å². The van der Waals surface area contributed by atoms with Crippen LogP contribution in [0.2, 0.25) is 0 Å². The Morgan fingerprint density at radius 1 is 1.57 bits per heavy atom. The Labute approximate surface area is 83.2 Å². The van der Waals surface area contributed by atoms with E-state index in [1.807, 2.05) is 0 Å². The monoisotopic (exact) mass is 200 g/mol. The highest BCUT2D eigenvalue weighted by Gasteiger charge is 2.17. The van der Waals surface area contributed by atoms with Crippen LogP contribution in [0.1, 0.15) is 18.2 Å². The summed E-state index contributed by atoms with van der Waals surface area (Å²) in [6.07, 6.45) is 1.52. The van der Waals surface area contributed by atoms with Crippen molar-refractivity contribution in [2.45, 2.75) is 12.5 Å². The zero-order valence-electron chi connectivity index (χ0n) is 8.73. The summed E-state index contributed by atoms with van der Waals surface area (Å²) in [5.74, 6) is 0.608. The average Bonchev–Trinajstić information content (AvgIpc) is 2.56. The zero-order valence-corrected chi connectivity index (χ0v) is 8.73. The quantitative estimate of drug-likeness (QED) is 0.752. The van der Waals surface area contributed by atoms with Crippen LogP contribution in [-0.4, -0.2) is 35.7 Å². The lowest BCUT2D eigenvalue weighted by Gasteiger charge is -2.12. The lowest BCUT2D eigenvalue weighted by atomic mass is 10.2. The van der Waals surface area contributed by atoms with Crippen molar-refractivity contribution in [3.8, 4) is 5.75 Å². The predicted molar refractivity (Wildman–Crippen MR) is 51.2 cm³/mol. The lowest BCUT2D eigenvalue weighted by Crippen LogP contribution is -2.08. The molecule has 0 aromatic carbocycles. The second-order valence-corrected chi connectivity index (χ2v) is 3.02. The Hall–Kier alpha value is -1.07. The van der Waals surface area contributed by atoms with Crippen molar-refractivity contribution in [2.24, 2.45) is 7.05 Å². The van der Waals surface area contributed by atoms with Gasteiger partial charge in [0.1, 0.15) is 11.8 Å². The van der Waals surface area contributed by atoms with Gasteiger partial charge in [-0.25, -0.2) is 0 Å². The summed E-state index contributed by atoms with van der Waals surface area (Å²) >= 11 is 0. The van der Waals surface area contributed by atoms with Crippen molar-refractivity contribution < 1.29 is 14.6 Å². The van der Waals surface area contributed by atoms with Gasteiger partial charge in [0.25, 0.3) is 0 Å². The molecule has 5 nitrogen and oxygen atoms in total. The number of aliphatic hydroxyl groups is 1. The van der Waals surface area contributed by atoms with Gasteiger partial charge in [-0.1, -0.05) is 0 Å². The molecule has 0 aliphatic carbocycles. The molecular formula is C9H16N2O3. The van der Waals surface area contributed by atoms with E-state index >= 15 is 0 Å². The van der Waals surface area contributed by atoms with E-state index in [1.54, 1.807) is 32.1 Å². The predicted octanol–water partition coefficient (Wildman–Crippen LogP) is 0.499. The smallest absolute Gasteiger partial charge is 0.162 e. The molecule has 0 amide bonds. The van der Waals surface area contributed by atoms with Gasteiger partial charge in [0, 0.05) is 27.2 Å². The van der Waals surface area contributed by atoms with Crippen molar-refractivity contribution >= 4 is 0 Å². The molecule has 1 heterocycles. The summed E-state index contributed by atoms with van der Waals surface area (Å²) in [4.78, 5) is 0. The van der Waals surface area contributed by atoms with Crippen molar-refractivity contribution in [1.82, 2.24) is 9.78 Å². The van der Waals surface area contributed by atoms with Crippen LogP contribution < -0.4 is 4.74 Å². The van der Waals surface area contributed by atoms with E-state index in [4.69, 9.17) is 9.47 Å². The number of methoxy groups -OCH3 is 2. The number of rotatable bonds is 5. The maximum atomic E-state index is 9.81. The Bertz CT molecular complexity index is 286. The van der Waals surface area contributed by atoms with Gasteiger partial charge in [-0.05, 0) is 0 Å². The molecule has 5 heteroatoms. The van der Waals surface area contributed by atoms with Crippen LogP contribution in [0.4, 0.5) is 0 Å². The SMILES string of the molecule is COCCC(O)c1c(OC)cnn1C. The lowest BCUT2D eigenvalue weighted by molar-refractivity contribution is 0.103. The van der Waals surface area contributed by atoms with Crippen molar-refractivity contribution in [3.63, 3.8) is 0 Å². The molecule has 0 aliphatic heterocycles. The minimum absolute atomic E-state index is 0.509. The third-order valence-corrected chi connectivity index (χ3v) is 2.08. The molecular weight excluding hydrogens is 184 g/mol. The van der Waals surface area contributed by atoms with Crippen LogP contribution in [0.3, 0.4) is 0 Å². The molecule has 1 N–H and O–H groups in total. The van der Waals surface area contributed by atoms with E-state index in [1.165, 1.54) is 0 Å². The van der Waals surface area contributed by atoms with Crippen LogP contribution in [0, 0.1) is 0 Å². The van der Waals surface area contributed by atoms with Crippen molar-refractivity contribution in [3.05, 3.63) is 11.9 Å². The van der Waals surface area contributed by atoms with Crippen LogP contribution in [0.5, 0.6) is 5.75 Å². The molecule has 1 rings (SSSR count). The molecule has 0 fully saturated rings. The number of ether oxygens (including phenoxy) is 2. The van der Waals surface area contributed by atoms with E-state index in [2.05, 4.69) is 5.10 Å². The second-order valence-electron chi connectivity index (χ2n) is 3.02. The maximum absolute atomic E-state index is 9.81. The molecule has 1 aromatic rings. The van der Waals surface area contributed by atoms with Crippen LogP contribution >= 0.6 is 0 Å². The van der Waals surface area contributed by atoms with Gasteiger partial charge in [0.15, 0.2) is 5.75 Å². The topological polar surface area (TPSA) is 56.5 Å². The molecule has 0 aliphatic rings. The summed E-state index contributed by atoms with van der Waals surface area (Å²) in [6.45, 7) is 0.509. The third-order valence-electron chi connectivity index (χ3n) is 2.08. The Kier molecular flexibility index (Phi) is 3.91. The number of hydrogen-bond donors (Lipinski definition) is 1. The van der Waals surface area contributed by atoms with Crippen LogP contribution in [0.15, 0.2) is 6.20 Å². The Morgan fingerprint density at radius 3 is 2.86 bits per heavy atom. The van der Waals surface area contributed by atoms with Crippen molar-refractivity contribution in [2.75, 3.05) is 20.8 Å². The first-order chi connectivity index (χ1) is 6.70. The zero-order chi connectivity index (χ0) is 10.6. The van der Waals surface area contributed by atoms with Crippen LogP contribution in [0.25, 0.3) is 0 Å². The normalized spacial score (nSPS) is 12.9. The fourth-order valence-electron chi connectivity index (χ4n) is 1.33. The maximum Gasteiger partial charge on any atom is 0.162 e. The molecule has 1 unspecified atom stereocenters. The molecule has 0 spiro atoms. The number of aromatic nitrogens is 2. The highest BCUT2D eigenvalue weighted by atomic mass is 16.5. The minimum Gasteiger partial charge on any atom is -0.493 e. The van der Waals surface area contributed by atoms with Crippen LogP contribution in [-0.2, 0) is 11.8 Å². The number of aliphatic hydroxyl groups excluding tert-OH is 1. The van der Waals surface area contributed by atoms with Gasteiger partial charge in [-0.15, -0.1) is 0 Å². The molecule has 0 saturated carbocycles. The molecule has 14 heavy (non-hydrogen) atoms. The Balaban J connectivity index is 2.76. The van der Waals surface area contributed by atoms with E-state index < -0.39 is 6.10 Å². The largest absolute Gasteiger partial charge is 0.493 e. The highest BCUT2D eigenvalue weighted by Crippen LogP contribution is 2.25. The minimum atomic E-state index is -0.600. The Morgan fingerprint density at radius 2 is 2.29 bits per heavy atom. The summed E-state index contributed by atoms with van der Waals surface area (Å²) < 4.78 is 11.6. The molecule has 0 saturated heterocycles. The van der Waals surface area contributed by atoms with Gasteiger partial charge in [-0.3, -0.25) is 4.68 Å². The van der Waals surface area contributed by atoms with E-state index in [0.717, 1.165) is 0 Å². The van der Waals surface area contributed by atoms with Gasteiger partial charge in [0.05, 0.1) is 13.3 Å². The molecule has 0 radical (unpaired) electrons. The molecule has 80 valence electrons. The first-order valence-electron chi connectivity index (χ1n) is 4.43. The van der Waals surface area contributed by atoms with Gasteiger partial charge >= 0.3 is 0 Å². The number of hydrogen-bond acceptors (Lipinski definition) is 4. The molecule has 1 aromatic heterocycles. The van der Waals surface area contributed by atoms with Gasteiger partial charge < -0.3 is 14.6 Å². The summed E-state index contributed by atoms with van der Waals surface area (Å²) in [5, 5.41) is 13.8. The van der Waals surface area contributed by atoms with E-state index in [0.29, 0.717) is 24.5 Å². The number of aryl methyl sites for hydroxylation is 1. The first kappa shape index (κ1) is 11.0. The summed E-state index contributed by atoms with van der Waals surface area (Å²) in [6, 6.07) is 0. The fourth-order valence-corrected chi connectivity index (χ4v) is 1.33. The average molecular weight is 200 g/mol. The summed E-state index contributed by atoms with van der Waals surface area (Å²) in [5.41, 5.74) is 0.685. The summed E-state index contributed by atoms with van der Waals surface area (Å²) in [7, 11) is 4.94. The first-order valence-corrected chi connectivity index (χ1v) is 4.43.